The summed E-state index contributed by atoms with van der Waals surface area (Å²) in [6.45, 7) is 0. The van der Waals surface area contributed by atoms with Crippen molar-refractivity contribution in [3.63, 3.8) is 0 Å². The van der Waals surface area contributed by atoms with Crippen LogP contribution in [-0.4, -0.2) is 0 Å². The number of furan rings is 1. The summed E-state index contributed by atoms with van der Waals surface area (Å²) in [6, 6.07) is 9.85. The third-order valence-electron chi connectivity index (χ3n) is 1.94. The summed E-state index contributed by atoms with van der Waals surface area (Å²) in [5, 5.41) is 0. The highest BCUT2D eigenvalue weighted by Crippen LogP contribution is 2.12. The maximum Gasteiger partial charge on any atom is 0.0937 e. The average Bonchev–Trinajstić information content (AvgIpc) is 2.57. The van der Waals surface area contributed by atoms with E-state index in [-0.39, 0.29) is 0 Å². The van der Waals surface area contributed by atoms with E-state index in [2.05, 4.69) is 6.07 Å². The molecule has 66 valence electrons. The summed E-state index contributed by atoms with van der Waals surface area (Å²) < 4.78 is 4.99. The highest BCUT2D eigenvalue weighted by molar-refractivity contribution is 5.41. The van der Waals surface area contributed by atoms with Gasteiger partial charge >= 0.3 is 0 Å². The summed E-state index contributed by atoms with van der Waals surface area (Å²) in [7, 11) is 0. The topological polar surface area (TPSA) is 39.2 Å². The quantitative estimate of drug-likeness (QED) is 0.708. The van der Waals surface area contributed by atoms with Crippen molar-refractivity contribution >= 4 is 5.69 Å². The van der Waals surface area contributed by atoms with Gasteiger partial charge in [0.2, 0.25) is 0 Å². The molecule has 2 N–H and O–H groups in total. The second-order valence-electron chi connectivity index (χ2n) is 3.05. The summed E-state index contributed by atoms with van der Waals surface area (Å²) >= 11 is 0. The van der Waals surface area contributed by atoms with Crippen LogP contribution in [-0.2, 0) is 6.42 Å². The molecule has 0 aliphatic carbocycles. The van der Waals surface area contributed by atoms with Gasteiger partial charge in [0.15, 0.2) is 0 Å². The molecule has 0 aliphatic heterocycles. The Labute approximate surface area is 77.0 Å². The fourth-order valence-electron chi connectivity index (χ4n) is 1.33. The largest absolute Gasteiger partial charge is 0.472 e. The molecule has 2 heteroatoms. The van der Waals surface area contributed by atoms with Crippen LogP contribution in [0.4, 0.5) is 5.69 Å². The molecule has 0 unspecified atom stereocenters. The minimum atomic E-state index is 0.806. The van der Waals surface area contributed by atoms with Crippen LogP contribution in [0.1, 0.15) is 11.1 Å². The van der Waals surface area contributed by atoms with Gasteiger partial charge in [0.05, 0.1) is 12.5 Å². The minimum Gasteiger partial charge on any atom is -0.472 e. The predicted molar refractivity (Wildman–Crippen MR) is 52.4 cm³/mol. The zero-order valence-corrected chi connectivity index (χ0v) is 7.23. The van der Waals surface area contributed by atoms with Gasteiger partial charge in [-0.05, 0) is 29.3 Å². The van der Waals surface area contributed by atoms with Crippen molar-refractivity contribution in [3.05, 3.63) is 54.0 Å². The predicted octanol–water partition coefficient (Wildman–Crippen LogP) is 2.45. The summed E-state index contributed by atoms with van der Waals surface area (Å²) in [4.78, 5) is 0. The van der Waals surface area contributed by atoms with Crippen LogP contribution >= 0.6 is 0 Å². The molecule has 0 bridgehead atoms. The maximum absolute atomic E-state index is 5.66. The third-order valence-corrected chi connectivity index (χ3v) is 1.94. The number of hydrogen-bond donors (Lipinski definition) is 1. The molecule has 0 saturated heterocycles. The molecule has 1 aromatic carbocycles. The number of rotatable bonds is 2. The molecule has 0 radical (unpaired) electrons. The van der Waals surface area contributed by atoms with E-state index in [1.807, 2.05) is 24.3 Å². The van der Waals surface area contributed by atoms with E-state index < -0.39 is 0 Å². The van der Waals surface area contributed by atoms with Gasteiger partial charge < -0.3 is 10.2 Å². The normalized spacial score (nSPS) is 10.2. The Morgan fingerprint density at radius 2 is 2.08 bits per heavy atom. The SMILES string of the molecule is Nc1cccc(Cc2ccoc2)c1. The highest BCUT2D eigenvalue weighted by Gasteiger charge is 1.97. The molecule has 0 saturated carbocycles. The first-order valence-corrected chi connectivity index (χ1v) is 4.20. The average molecular weight is 173 g/mol. The van der Waals surface area contributed by atoms with Crippen LogP contribution in [0.25, 0.3) is 0 Å². The molecule has 2 nitrogen and oxygen atoms in total. The number of anilines is 1. The third kappa shape index (κ3) is 1.90. The number of nitrogens with two attached hydrogens (primary N) is 1. The fourth-order valence-corrected chi connectivity index (χ4v) is 1.33. The lowest BCUT2D eigenvalue weighted by Gasteiger charge is -1.99. The van der Waals surface area contributed by atoms with Crippen molar-refractivity contribution in [2.24, 2.45) is 0 Å². The van der Waals surface area contributed by atoms with Gasteiger partial charge in [-0.3, -0.25) is 0 Å². The zero-order valence-electron chi connectivity index (χ0n) is 7.23. The van der Waals surface area contributed by atoms with E-state index in [1.165, 1.54) is 11.1 Å². The lowest BCUT2D eigenvalue weighted by molar-refractivity contribution is 0.564. The fraction of sp³-hybridized carbons (Fsp3) is 0.0909. The van der Waals surface area contributed by atoms with Gasteiger partial charge in [-0.15, -0.1) is 0 Å². The molecule has 1 heterocycles. The van der Waals surface area contributed by atoms with E-state index in [4.69, 9.17) is 10.2 Å². The van der Waals surface area contributed by atoms with Crippen molar-refractivity contribution in [1.82, 2.24) is 0 Å². The summed E-state index contributed by atoms with van der Waals surface area (Å²) in [5.74, 6) is 0. The number of nitrogen functional groups attached to an aromatic ring is 1. The van der Waals surface area contributed by atoms with E-state index in [0.717, 1.165) is 12.1 Å². The Kier molecular flexibility index (Phi) is 2.04. The summed E-state index contributed by atoms with van der Waals surface area (Å²) in [6.07, 6.45) is 4.31. The first-order chi connectivity index (χ1) is 6.34. The lowest BCUT2D eigenvalue weighted by atomic mass is 10.1. The molecule has 1 aromatic heterocycles. The lowest BCUT2D eigenvalue weighted by Crippen LogP contribution is -1.89. The maximum atomic E-state index is 5.66. The molecule has 13 heavy (non-hydrogen) atoms. The van der Waals surface area contributed by atoms with Gasteiger partial charge in [-0.25, -0.2) is 0 Å². The smallest absolute Gasteiger partial charge is 0.0937 e. The number of hydrogen-bond acceptors (Lipinski definition) is 2. The van der Waals surface area contributed by atoms with Crippen LogP contribution in [0.3, 0.4) is 0 Å². The van der Waals surface area contributed by atoms with Crippen molar-refractivity contribution in [3.8, 4) is 0 Å². The van der Waals surface area contributed by atoms with Gasteiger partial charge in [-0.2, -0.15) is 0 Å². The van der Waals surface area contributed by atoms with Crippen LogP contribution in [0.2, 0.25) is 0 Å². The highest BCUT2D eigenvalue weighted by atomic mass is 16.3. The first kappa shape index (κ1) is 7.92. The number of benzene rings is 1. The minimum absolute atomic E-state index is 0.806. The molecule has 0 atom stereocenters. The molecular weight excluding hydrogens is 162 g/mol. The Bertz CT molecular complexity index is 379. The molecule has 0 amide bonds. The van der Waals surface area contributed by atoms with Gasteiger partial charge in [-0.1, -0.05) is 12.1 Å². The Morgan fingerprint density at radius 3 is 2.77 bits per heavy atom. The van der Waals surface area contributed by atoms with Crippen LogP contribution in [0, 0.1) is 0 Å². The Hall–Kier alpha value is -1.70. The van der Waals surface area contributed by atoms with Crippen molar-refractivity contribution in [2.45, 2.75) is 6.42 Å². The van der Waals surface area contributed by atoms with E-state index in [0.29, 0.717) is 0 Å². The molecule has 0 spiro atoms. The van der Waals surface area contributed by atoms with Crippen LogP contribution < -0.4 is 5.73 Å². The zero-order chi connectivity index (χ0) is 9.10. The molecule has 2 rings (SSSR count). The summed E-state index contributed by atoms with van der Waals surface area (Å²) in [5.41, 5.74) is 8.85. The van der Waals surface area contributed by atoms with E-state index in [9.17, 15) is 0 Å². The van der Waals surface area contributed by atoms with E-state index >= 15 is 0 Å². The van der Waals surface area contributed by atoms with Gasteiger partial charge in [0.1, 0.15) is 0 Å². The Balaban J connectivity index is 2.19. The first-order valence-electron chi connectivity index (χ1n) is 4.20. The molecule has 0 fully saturated rings. The standard InChI is InChI=1S/C11H11NO/c12-11-3-1-2-9(7-11)6-10-4-5-13-8-10/h1-5,7-8H,6,12H2. The van der Waals surface area contributed by atoms with Crippen LogP contribution in [0.15, 0.2) is 47.3 Å². The second kappa shape index (κ2) is 3.35. The van der Waals surface area contributed by atoms with Crippen molar-refractivity contribution in [1.29, 1.82) is 0 Å². The second-order valence-corrected chi connectivity index (χ2v) is 3.05. The monoisotopic (exact) mass is 173 g/mol. The molecule has 0 aliphatic rings. The van der Waals surface area contributed by atoms with Gasteiger partial charge in [0, 0.05) is 12.1 Å². The van der Waals surface area contributed by atoms with Crippen molar-refractivity contribution < 1.29 is 4.42 Å². The van der Waals surface area contributed by atoms with Gasteiger partial charge in [0.25, 0.3) is 0 Å². The van der Waals surface area contributed by atoms with Crippen molar-refractivity contribution in [2.75, 3.05) is 5.73 Å². The molecule has 2 aromatic rings. The Morgan fingerprint density at radius 1 is 1.15 bits per heavy atom. The molecular formula is C11H11NO. The van der Waals surface area contributed by atoms with Crippen LogP contribution in [0.5, 0.6) is 0 Å². The van der Waals surface area contributed by atoms with E-state index in [1.54, 1.807) is 12.5 Å².